The molecule has 0 fully saturated rings. The smallest absolute Gasteiger partial charge is 0.270 e. The first kappa shape index (κ1) is 18.3. The molecule has 3 nitrogen and oxygen atoms in total. The number of hydrogen-bond acceptors (Lipinski definition) is 3. The Morgan fingerprint density at radius 2 is 2.00 bits per heavy atom. The molecule has 0 saturated heterocycles. The minimum absolute atomic E-state index is 0.0375. The molecule has 1 atom stereocenters. The Labute approximate surface area is 168 Å². The lowest BCUT2D eigenvalue weighted by Crippen LogP contribution is -2.51. The number of amides is 1. The second-order valence-corrected chi connectivity index (χ2v) is 9.15. The highest BCUT2D eigenvalue weighted by atomic mass is 35.5. The average Bonchev–Trinajstić information content (AvgIpc) is 2.98. The first-order chi connectivity index (χ1) is 12.8. The molecule has 1 aliphatic heterocycles. The molecule has 140 valence electrons. The van der Waals surface area contributed by atoms with Crippen LogP contribution in [0.5, 0.6) is 5.75 Å². The number of methoxy groups -OCH3 is 1. The third-order valence-corrected chi connectivity index (χ3v) is 7.01. The van der Waals surface area contributed by atoms with Crippen molar-refractivity contribution < 1.29 is 9.53 Å². The minimum Gasteiger partial charge on any atom is -0.497 e. The van der Waals surface area contributed by atoms with E-state index in [4.69, 9.17) is 16.3 Å². The Morgan fingerprint density at radius 3 is 2.70 bits per heavy atom. The van der Waals surface area contributed by atoms with E-state index in [-0.39, 0.29) is 11.4 Å². The highest BCUT2D eigenvalue weighted by Crippen LogP contribution is 2.46. The van der Waals surface area contributed by atoms with E-state index < -0.39 is 0 Å². The number of nitrogens with zero attached hydrogens (tertiary/aromatic N) is 1. The van der Waals surface area contributed by atoms with Gasteiger partial charge in [0.15, 0.2) is 0 Å². The summed E-state index contributed by atoms with van der Waals surface area (Å²) in [6.45, 7) is 6.44. The van der Waals surface area contributed by atoms with Crippen molar-refractivity contribution in [2.75, 3.05) is 12.0 Å². The molecule has 4 rings (SSSR count). The molecule has 1 aromatic heterocycles. The number of anilines is 1. The van der Waals surface area contributed by atoms with E-state index in [9.17, 15) is 4.79 Å². The Bertz CT molecular complexity index is 1040. The maximum Gasteiger partial charge on any atom is 0.270 e. The maximum absolute atomic E-state index is 13.7. The van der Waals surface area contributed by atoms with E-state index in [2.05, 4.69) is 20.8 Å². The second-order valence-electron chi connectivity index (χ2n) is 7.72. The molecule has 0 spiro atoms. The number of ether oxygens (including phenoxy) is 1. The number of thiophene rings is 1. The molecular weight excluding hydrogens is 378 g/mol. The molecule has 0 aliphatic carbocycles. The summed E-state index contributed by atoms with van der Waals surface area (Å²) in [6, 6.07) is 13.8. The van der Waals surface area contributed by atoms with Gasteiger partial charge in [0, 0.05) is 21.3 Å². The summed E-state index contributed by atoms with van der Waals surface area (Å²) >= 11 is 8.07. The number of rotatable bonds is 2. The van der Waals surface area contributed by atoms with Crippen molar-refractivity contribution in [3.8, 4) is 5.75 Å². The van der Waals surface area contributed by atoms with Gasteiger partial charge >= 0.3 is 0 Å². The third kappa shape index (κ3) is 2.91. The zero-order chi connectivity index (χ0) is 19.3. The van der Waals surface area contributed by atoms with Gasteiger partial charge < -0.3 is 9.64 Å². The van der Waals surface area contributed by atoms with Crippen LogP contribution in [-0.2, 0) is 0 Å². The summed E-state index contributed by atoms with van der Waals surface area (Å²) in [6.07, 6.45) is 0.876. The number of hydrogen-bond donors (Lipinski definition) is 0. The summed E-state index contributed by atoms with van der Waals surface area (Å²) in [5.74, 6) is 1.11. The van der Waals surface area contributed by atoms with Crippen LogP contribution in [-0.4, -0.2) is 18.6 Å². The van der Waals surface area contributed by atoms with Crippen LogP contribution in [0.2, 0.25) is 5.02 Å². The number of carbonyl (C=O) groups excluding carboxylic acids is 1. The van der Waals surface area contributed by atoms with Crippen LogP contribution >= 0.6 is 22.9 Å². The summed E-state index contributed by atoms with van der Waals surface area (Å²) < 4.78 is 6.43. The molecule has 3 aromatic rings. The predicted octanol–water partition coefficient (Wildman–Crippen LogP) is 6.50. The van der Waals surface area contributed by atoms with Gasteiger partial charge in [-0.15, -0.1) is 11.3 Å². The molecule has 2 heterocycles. The Hall–Kier alpha value is -2.04. The zero-order valence-corrected chi connectivity index (χ0v) is 17.4. The molecule has 0 radical (unpaired) electrons. The zero-order valence-electron chi connectivity index (χ0n) is 15.9. The Balaban J connectivity index is 1.87. The molecular formula is C22H22ClNO2S. The standard InChI is InChI=1S/C22H22ClNO2S/c1-13-12-22(2,3)24(17-10-9-14(26-4)11-16(13)17)21(25)20-19(23)15-7-5-6-8-18(15)27-20/h5-11,13H,12H2,1-4H3. The van der Waals surface area contributed by atoms with Crippen molar-refractivity contribution in [2.24, 2.45) is 0 Å². The van der Waals surface area contributed by atoms with Crippen LogP contribution in [0.3, 0.4) is 0 Å². The lowest BCUT2D eigenvalue weighted by Gasteiger charge is -2.46. The summed E-state index contributed by atoms with van der Waals surface area (Å²) in [7, 11) is 1.67. The van der Waals surface area contributed by atoms with Crippen molar-refractivity contribution in [1.82, 2.24) is 0 Å². The van der Waals surface area contributed by atoms with Crippen molar-refractivity contribution in [2.45, 2.75) is 38.6 Å². The van der Waals surface area contributed by atoms with Gasteiger partial charge in [-0.3, -0.25) is 4.79 Å². The molecule has 1 amide bonds. The lowest BCUT2D eigenvalue weighted by molar-refractivity contribution is 0.0958. The first-order valence-corrected chi connectivity index (χ1v) is 10.2. The first-order valence-electron chi connectivity index (χ1n) is 9.03. The molecule has 2 aromatic carbocycles. The van der Waals surface area contributed by atoms with E-state index in [1.54, 1.807) is 7.11 Å². The molecule has 0 saturated carbocycles. The van der Waals surface area contributed by atoms with Gasteiger partial charge in [0.25, 0.3) is 5.91 Å². The van der Waals surface area contributed by atoms with Gasteiger partial charge in [-0.25, -0.2) is 0 Å². The van der Waals surface area contributed by atoms with Crippen LogP contribution in [0.1, 0.15) is 48.3 Å². The van der Waals surface area contributed by atoms with Gasteiger partial charge in [-0.05, 0) is 56.0 Å². The Kier molecular flexibility index (Phi) is 4.44. The van der Waals surface area contributed by atoms with Gasteiger partial charge in [0.1, 0.15) is 10.6 Å². The van der Waals surface area contributed by atoms with Crippen LogP contribution < -0.4 is 9.64 Å². The van der Waals surface area contributed by atoms with Gasteiger partial charge in [-0.2, -0.15) is 0 Å². The van der Waals surface area contributed by atoms with Crippen LogP contribution in [0, 0.1) is 0 Å². The monoisotopic (exact) mass is 399 g/mol. The highest BCUT2D eigenvalue weighted by molar-refractivity contribution is 7.21. The van der Waals surface area contributed by atoms with E-state index in [1.165, 1.54) is 11.3 Å². The second kappa shape index (κ2) is 6.54. The number of carbonyl (C=O) groups is 1. The molecule has 1 unspecified atom stereocenters. The maximum atomic E-state index is 13.7. The number of fused-ring (bicyclic) bond motifs is 2. The lowest BCUT2D eigenvalue weighted by atomic mass is 9.80. The number of halogens is 1. The predicted molar refractivity (Wildman–Crippen MR) is 114 cm³/mol. The van der Waals surface area contributed by atoms with Crippen molar-refractivity contribution in [3.63, 3.8) is 0 Å². The van der Waals surface area contributed by atoms with Crippen molar-refractivity contribution >= 4 is 44.6 Å². The third-order valence-electron chi connectivity index (χ3n) is 5.35. The molecule has 27 heavy (non-hydrogen) atoms. The fraction of sp³-hybridized carbons (Fsp3) is 0.318. The van der Waals surface area contributed by atoms with E-state index >= 15 is 0 Å². The fourth-order valence-corrected chi connectivity index (χ4v) is 5.61. The normalized spacial score (nSPS) is 18.4. The highest BCUT2D eigenvalue weighted by Gasteiger charge is 2.41. The summed E-state index contributed by atoms with van der Waals surface area (Å²) in [4.78, 5) is 16.2. The Morgan fingerprint density at radius 1 is 1.26 bits per heavy atom. The molecule has 0 N–H and O–H groups in total. The minimum atomic E-state index is -0.308. The average molecular weight is 400 g/mol. The number of benzene rings is 2. The van der Waals surface area contributed by atoms with E-state index in [0.717, 1.165) is 33.5 Å². The fourth-order valence-electron chi connectivity index (χ4n) is 4.17. The SMILES string of the molecule is COc1ccc2c(c1)C(C)CC(C)(C)N2C(=O)c1sc2ccccc2c1Cl. The molecule has 1 aliphatic rings. The van der Waals surface area contributed by atoms with Gasteiger partial charge in [0.2, 0.25) is 0 Å². The van der Waals surface area contributed by atoms with E-state index in [1.807, 2.05) is 47.4 Å². The summed E-state index contributed by atoms with van der Waals surface area (Å²) in [5, 5.41) is 1.48. The van der Waals surface area contributed by atoms with Crippen molar-refractivity contribution in [1.29, 1.82) is 0 Å². The van der Waals surface area contributed by atoms with Crippen LogP contribution in [0.15, 0.2) is 42.5 Å². The largest absolute Gasteiger partial charge is 0.497 e. The van der Waals surface area contributed by atoms with E-state index in [0.29, 0.717) is 15.8 Å². The van der Waals surface area contributed by atoms with Crippen LogP contribution in [0.4, 0.5) is 5.69 Å². The molecule has 0 bridgehead atoms. The topological polar surface area (TPSA) is 29.5 Å². The van der Waals surface area contributed by atoms with Crippen LogP contribution in [0.25, 0.3) is 10.1 Å². The molecule has 5 heteroatoms. The van der Waals surface area contributed by atoms with Crippen molar-refractivity contribution in [3.05, 3.63) is 57.9 Å². The quantitative estimate of drug-likeness (QED) is 0.492. The summed E-state index contributed by atoms with van der Waals surface area (Å²) in [5.41, 5.74) is 1.77. The van der Waals surface area contributed by atoms with Gasteiger partial charge in [0.05, 0.1) is 12.1 Å². The van der Waals surface area contributed by atoms with Gasteiger partial charge in [-0.1, -0.05) is 36.7 Å².